The minimum atomic E-state index is -0.352. The molecule has 0 saturated heterocycles. The van der Waals surface area contributed by atoms with Crippen molar-refractivity contribution in [2.75, 3.05) is 6.61 Å². The van der Waals surface area contributed by atoms with Crippen LogP contribution in [0.5, 0.6) is 5.75 Å². The summed E-state index contributed by atoms with van der Waals surface area (Å²) >= 11 is 0. The molecule has 29 heavy (non-hydrogen) atoms. The lowest BCUT2D eigenvalue weighted by Gasteiger charge is -2.15. The van der Waals surface area contributed by atoms with Gasteiger partial charge >= 0.3 is 5.97 Å². The Morgan fingerprint density at radius 1 is 0.828 bits per heavy atom. The molecule has 0 N–H and O–H groups in total. The summed E-state index contributed by atoms with van der Waals surface area (Å²) < 4.78 is 11.5. The van der Waals surface area contributed by atoms with Gasteiger partial charge in [0, 0.05) is 23.1 Å². The van der Waals surface area contributed by atoms with E-state index in [0.717, 1.165) is 22.3 Å². The Morgan fingerprint density at radius 2 is 1.41 bits per heavy atom. The maximum absolute atomic E-state index is 12.4. The van der Waals surface area contributed by atoms with Crippen molar-refractivity contribution in [3.05, 3.63) is 89.5 Å². The number of ether oxygens (including phenoxy) is 2. The molecule has 0 spiro atoms. The largest absolute Gasteiger partial charge is 0.494 e. The highest BCUT2D eigenvalue weighted by atomic mass is 16.5. The van der Waals surface area contributed by atoms with Gasteiger partial charge in [0.05, 0.1) is 6.61 Å². The predicted octanol–water partition coefficient (Wildman–Crippen LogP) is 5.36. The number of ketones is 1. The first-order valence-electron chi connectivity index (χ1n) is 9.75. The van der Waals surface area contributed by atoms with Crippen LogP contribution in [-0.4, -0.2) is 18.4 Å². The molecule has 4 rings (SSSR count). The van der Waals surface area contributed by atoms with Gasteiger partial charge in [0.25, 0.3) is 0 Å². The van der Waals surface area contributed by atoms with Gasteiger partial charge in [-0.3, -0.25) is 9.59 Å². The number of carbonyl (C=O) groups excluding carboxylic acids is 2. The van der Waals surface area contributed by atoms with Crippen molar-refractivity contribution >= 4 is 11.8 Å². The average Bonchev–Trinajstić information content (AvgIpc) is 3.06. The minimum Gasteiger partial charge on any atom is -0.494 e. The molecule has 0 atom stereocenters. The Balaban J connectivity index is 1.32. The zero-order valence-corrected chi connectivity index (χ0v) is 16.3. The molecule has 4 heteroatoms. The van der Waals surface area contributed by atoms with Gasteiger partial charge in [-0.1, -0.05) is 48.5 Å². The van der Waals surface area contributed by atoms with Crippen LogP contribution in [0, 0.1) is 0 Å². The summed E-state index contributed by atoms with van der Waals surface area (Å²) in [5, 5.41) is 0. The number of esters is 1. The number of hydrogen-bond acceptors (Lipinski definition) is 4. The molecule has 0 unspecified atom stereocenters. The van der Waals surface area contributed by atoms with Crippen LogP contribution in [-0.2, 0) is 9.53 Å². The number of hydrogen-bond donors (Lipinski definition) is 0. The van der Waals surface area contributed by atoms with Crippen LogP contribution in [0.15, 0.2) is 72.8 Å². The fraction of sp³-hybridized carbons (Fsp3) is 0.200. The van der Waals surface area contributed by atoms with E-state index < -0.39 is 0 Å². The van der Waals surface area contributed by atoms with Crippen LogP contribution in [0.3, 0.4) is 0 Å². The number of Topliss-reactive ketones (excluding diaryl/α,β-unsaturated/α-hetero) is 1. The van der Waals surface area contributed by atoms with Gasteiger partial charge in [-0.2, -0.15) is 0 Å². The maximum Gasteiger partial charge on any atom is 0.306 e. The fourth-order valence-corrected chi connectivity index (χ4v) is 3.62. The van der Waals surface area contributed by atoms with Crippen molar-refractivity contribution in [2.45, 2.75) is 25.9 Å². The standard InChI is InChI=1S/C25H22O4/c1-17(26)18-12-14-19(15-13-18)28-16-6-11-24(27)29-25-22-9-4-2-7-20(22)21-8-3-5-10-23(21)25/h2-5,7-10,12-15,25H,6,11,16H2,1H3. The molecule has 0 aliphatic heterocycles. The molecule has 1 aliphatic rings. The first-order chi connectivity index (χ1) is 14.1. The van der Waals surface area contributed by atoms with Crippen LogP contribution in [0.4, 0.5) is 0 Å². The molecule has 3 aromatic rings. The molecule has 3 aromatic carbocycles. The van der Waals surface area contributed by atoms with Crippen molar-refractivity contribution in [1.29, 1.82) is 0 Å². The molecule has 0 heterocycles. The Kier molecular flexibility index (Phi) is 5.43. The second kappa shape index (κ2) is 8.31. The summed E-state index contributed by atoms with van der Waals surface area (Å²) in [7, 11) is 0. The first-order valence-corrected chi connectivity index (χ1v) is 9.75. The molecule has 0 fully saturated rings. The lowest BCUT2D eigenvalue weighted by Crippen LogP contribution is -2.12. The second-order valence-corrected chi connectivity index (χ2v) is 7.08. The van der Waals surface area contributed by atoms with Crippen molar-refractivity contribution < 1.29 is 19.1 Å². The van der Waals surface area contributed by atoms with Crippen LogP contribution in [0.1, 0.15) is 47.4 Å². The van der Waals surface area contributed by atoms with Gasteiger partial charge in [0.15, 0.2) is 11.9 Å². The van der Waals surface area contributed by atoms with E-state index in [1.165, 1.54) is 6.92 Å². The van der Waals surface area contributed by atoms with E-state index >= 15 is 0 Å². The van der Waals surface area contributed by atoms with Crippen LogP contribution in [0.2, 0.25) is 0 Å². The fourth-order valence-electron chi connectivity index (χ4n) is 3.62. The topological polar surface area (TPSA) is 52.6 Å². The van der Waals surface area contributed by atoms with Gasteiger partial charge in [-0.05, 0) is 48.7 Å². The molecule has 1 aliphatic carbocycles. The Hall–Kier alpha value is -3.40. The van der Waals surface area contributed by atoms with Crippen LogP contribution >= 0.6 is 0 Å². The van der Waals surface area contributed by atoms with E-state index in [-0.39, 0.29) is 24.3 Å². The van der Waals surface area contributed by atoms with E-state index in [4.69, 9.17) is 9.47 Å². The van der Waals surface area contributed by atoms with Crippen LogP contribution in [0.25, 0.3) is 11.1 Å². The summed E-state index contributed by atoms with van der Waals surface area (Å²) in [6.07, 6.45) is 0.491. The lowest BCUT2D eigenvalue weighted by molar-refractivity contribution is -0.147. The number of rotatable bonds is 7. The van der Waals surface area contributed by atoms with Gasteiger partial charge in [-0.15, -0.1) is 0 Å². The Bertz CT molecular complexity index is 991. The third-order valence-electron chi connectivity index (χ3n) is 5.08. The lowest BCUT2D eigenvalue weighted by atomic mass is 10.1. The van der Waals surface area contributed by atoms with E-state index in [2.05, 4.69) is 12.1 Å². The van der Waals surface area contributed by atoms with Gasteiger partial charge < -0.3 is 9.47 Å². The SMILES string of the molecule is CC(=O)c1ccc(OCCCC(=O)OC2c3ccccc3-c3ccccc32)cc1. The molecule has 0 bridgehead atoms. The van der Waals surface area contributed by atoms with Crippen molar-refractivity contribution in [1.82, 2.24) is 0 Å². The maximum atomic E-state index is 12.4. The molecule has 0 saturated carbocycles. The highest BCUT2D eigenvalue weighted by Gasteiger charge is 2.30. The minimum absolute atomic E-state index is 0.0226. The molecular weight excluding hydrogens is 364 g/mol. The van der Waals surface area contributed by atoms with E-state index in [0.29, 0.717) is 24.3 Å². The third-order valence-corrected chi connectivity index (χ3v) is 5.08. The molecule has 0 radical (unpaired) electrons. The van der Waals surface area contributed by atoms with Gasteiger partial charge in [0.2, 0.25) is 0 Å². The van der Waals surface area contributed by atoms with Crippen LogP contribution < -0.4 is 4.74 Å². The molecule has 146 valence electrons. The number of benzene rings is 3. The zero-order chi connectivity index (χ0) is 20.2. The highest BCUT2D eigenvalue weighted by Crippen LogP contribution is 2.45. The van der Waals surface area contributed by atoms with E-state index in [1.54, 1.807) is 24.3 Å². The first kappa shape index (κ1) is 18.9. The average molecular weight is 386 g/mol. The number of carbonyl (C=O) groups is 2. The third kappa shape index (κ3) is 4.06. The molecule has 0 aromatic heterocycles. The smallest absolute Gasteiger partial charge is 0.306 e. The Labute approximate surface area is 170 Å². The highest BCUT2D eigenvalue weighted by molar-refractivity contribution is 5.94. The summed E-state index contributed by atoms with van der Waals surface area (Å²) in [4.78, 5) is 23.7. The molecular formula is C25H22O4. The predicted molar refractivity (Wildman–Crippen MR) is 111 cm³/mol. The monoisotopic (exact) mass is 386 g/mol. The summed E-state index contributed by atoms with van der Waals surface area (Å²) in [6, 6.07) is 23.1. The van der Waals surface area contributed by atoms with E-state index in [1.807, 2.05) is 36.4 Å². The van der Waals surface area contributed by atoms with Crippen molar-refractivity contribution in [3.8, 4) is 16.9 Å². The molecule has 4 nitrogen and oxygen atoms in total. The molecule has 0 amide bonds. The van der Waals surface area contributed by atoms with Gasteiger partial charge in [-0.25, -0.2) is 0 Å². The quantitative estimate of drug-likeness (QED) is 0.312. The number of fused-ring (bicyclic) bond motifs is 3. The summed E-state index contributed by atoms with van der Waals surface area (Å²) in [5.74, 6) is 0.466. The van der Waals surface area contributed by atoms with Crippen molar-refractivity contribution in [3.63, 3.8) is 0 Å². The van der Waals surface area contributed by atoms with Gasteiger partial charge in [0.1, 0.15) is 5.75 Å². The normalized spacial score (nSPS) is 12.2. The zero-order valence-electron chi connectivity index (χ0n) is 16.3. The summed E-state index contributed by atoms with van der Waals surface area (Å²) in [6.45, 7) is 1.94. The second-order valence-electron chi connectivity index (χ2n) is 7.08. The van der Waals surface area contributed by atoms with E-state index in [9.17, 15) is 9.59 Å². The summed E-state index contributed by atoms with van der Waals surface area (Å²) in [5.41, 5.74) is 4.96. The Morgan fingerprint density at radius 3 is 2.00 bits per heavy atom. The van der Waals surface area contributed by atoms with Crippen molar-refractivity contribution in [2.24, 2.45) is 0 Å².